The van der Waals surface area contributed by atoms with Crippen LogP contribution in [0.15, 0.2) is 35.4 Å². The summed E-state index contributed by atoms with van der Waals surface area (Å²) >= 11 is 0. The molecule has 0 unspecified atom stereocenters. The fourth-order valence-electron chi connectivity index (χ4n) is 3.41. The Labute approximate surface area is 162 Å². The molecule has 0 radical (unpaired) electrons. The van der Waals surface area contributed by atoms with E-state index in [0.717, 1.165) is 18.6 Å². The number of aryl methyl sites for hydroxylation is 2. The highest BCUT2D eigenvalue weighted by molar-refractivity contribution is 5.38. The SMILES string of the molecule is CCCCCC1=CC=C(CCc2ccc(CCC)c(F)c2F)C(F)(F)C1(F)F. The van der Waals surface area contributed by atoms with Crippen LogP contribution in [0.5, 0.6) is 0 Å². The molecule has 0 bridgehead atoms. The third-order valence-corrected chi connectivity index (χ3v) is 5.16. The summed E-state index contributed by atoms with van der Waals surface area (Å²) in [6.07, 6.45) is 4.16. The second kappa shape index (κ2) is 9.19. The Morgan fingerprint density at radius 1 is 0.643 bits per heavy atom. The molecule has 28 heavy (non-hydrogen) atoms. The molecule has 0 nitrogen and oxygen atoms in total. The number of benzene rings is 1. The molecule has 1 aliphatic carbocycles. The zero-order valence-corrected chi connectivity index (χ0v) is 16.2. The number of unbranched alkanes of at least 4 members (excludes halogenated alkanes) is 2. The molecule has 0 N–H and O–H groups in total. The lowest BCUT2D eigenvalue weighted by atomic mass is 9.85. The first-order valence-corrected chi connectivity index (χ1v) is 9.78. The van der Waals surface area contributed by atoms with Crippen molar-refractivity contribution in [2.45, 2.75) is 77.1 Å². The number of allylic oxidation sites excluding steroid dienone is 4. The van der Waals surface area contributed by atoms with Gasteiger partial charge in [0.05, 0.1) is 0 Å². The summed E-state index contributed by atoms with van der Waals surface area (Å²) in [6.45, 7) is 3.73. The van der Waals surface area contributed by atoms with Crippen LogP contribution in [0.1, 0.15) is 63.5 Å². The smallest absolute Gasteiger partial charge is 0.203 e. The van der Waals surface area contributed by atoms with Gasteiger partial charge in [0.2, 0.25) is 0 Å². The van der Waals surface area contributed by atoms with E-state index in [2.05, 4.69) is 0 Å². The molecule has 6 heteroatoms. The van der Waals surface area contributed by atoms with Crippen molar-refractivity contribution in [2.24, 2.45) is 0 Å². The highest BCUT2D eigenvalue weighted by Crippen LogP contribution is 2.49. The van der Waals surface area contributed by atoms with Crippen molar-refractivity contribution in [1.29, 1.82) is 0 Å². The fourth-order valence-corrected chi connectivity index (χ4v) is 3.41. The molecule has 0 atom stereocenters. The molecule has 0 saturated carbocycles. The largest absolute Gasteiger partial charge is 0.335 e. The van der Waals surface area contributed by atoms with Gasteiger partial charge in [-0.1, -0.05) is 57.4 Å². The van der Waals surface area contributed by atoms with Crippen molar-refractivity contribution in [3.63, 3.8) is 0 Å². The van der Waals surface area contributed by atoms with E-state index in [1.807, 2.05) is 13.8 Å². The molecule has 1 aliphatic rings. The minimum absolute atomic E-state index is 0.0844. The number of rotatable bonds is 9. The Hall–Kier alpha value is -1.72. The fraction of sp³-hybridized carbons (Fsp3) is 0.545. The van der Waals surface area contributed by atoms with Crippen molar-refractivity contribution in [3.05, 3.63) is 58.2 Å². The number of hydrogen-bond donors (Lipinski definition) is 0. The van der Waals surface area contributed by atoms with Gasteiger partial charge in [-0.25, -0.2) is 8.78 Å². The van der Waals surface area contributed by atoms with Gasteiger partial charge in [-0.05, 0) is 43.2 Å². The van der Waals surface area contributed by atoms with E-state index >= 15 is 0 Å². The van der Waals surface area contributed by atoms with Crippen LogP contribution in [0.25, 0.3) is 0 Å². The highest BCUT2D eigenvalue weighted by Gasteiger charge is 2.61. The predicted octanol–water partition coefficient (Wildman–Crippen LogP) is 7.57. The van der Waals surface area contributed by atoms with E-state index in [9.17, 15) is 26.3 Å². The Bertz CT molecular complexity index is 746. The van der Waals surface area contributed by atoms with E-state index in [1.165, 1.54) is 12.1 Å². The van der Waals surface area contributed by atoms with E-state index < -0.39 is 41.0 Å². The lowest BCUT2D eigenvalue weighted by molar-refractivity contribution is -0.165. The maximum absolute atomic E-state index is 14.4. The van der Waals surface area contributed by atoms with E-state index in [4.69, 9.17) is 0 Å². The lowest BCUT2D eigenvalue weighted by Gasteiger charge is -2.33. The number of hydrogen-bond acceptors (Lipinski definition) is 0. The third-order valence-electron chi connectivity index (χ3n) is 5.16. The first-order chi connectivity index (χ1) is 13.2. The molecule has 0 fully saturated rings. The average Bonchev–Trinajstić information content (AvgIpc) is 2.64. The number of halogens is 6. The van der Waals surface area contributed by atoms with E-state index in [0.29, 0.717) is 25.7 Å². The summed E-state index contributed by atoms with van der Waals surface area (Å²) in [4.78, 5) is 0. The second-order valence-corrected chi connectivity index (χ2v) is 7.25. The van der Waals surface area contributed by atoms with Crippen LogP contribution in [0.4, 0.5) is 26.3 Å². The van der Waals surface area contributed by atoms with Gasteiger partial charge in [0.15, 0.2) is 11.6 Å². The molecular weight excluding hydrogens is 378 g/mol. The van der Waals surface area contributed by atoms with Crippen LogP contribution in [0.2, 0.25) is 0 Å². The molecule has 0 aliphatic heterocycles. The average molecular weight is 404 g/mol. The zero-order valence-electron chi connectivity index (χ0n) is 16.2. The summed E-state index contributed by atoms with van der Waals surface area (Å²) in [7, 11) is 0. The maximum atomic E-state index is 14.4. The van der Waals surface area contributed by atoms with E-state index in [1.54, 1.807) is 0 Å². The van der Waals surface area contributed by atoms with Crippen LogP contribution in [0.3, 0.4) is 0 Å². The van der Waals surface area contributed by atoms with Crippen LogP contribution < -0.4 is 0 Å². The van der Waals surface area contributed by atoms with Gasteiger partial charge in [-0.2, -0.15) is 17.6 Å². The summed E-state index contributed by atoms with van der Waals surface area (Å²) < 4.78 is 85.7. The monoisotopic (exact) mass is 404 g/mol. The molecule has 0 amide bonds. The highest BCUT2D eigenvalue weighted by atomic mass is 19.3. The van der Waals surface area contributed by atoms with Crippen LogP contribution >= 0.6 is 0 Å². The quantitative estimate of drug-likeness (QED) is 0.294. The van der Waals surface area contributed by atoms with Gasteiger partial charge in [0.25, 0.3) is 0 Å². The van der Waals surface area contributed by atoms with Crippen molar-refractivity contribution < 1.29 is 26.3 Å². The van der Waals surface area contributed by atoms with Crippen LogP contribution in [-0.2, 0) is 12.8 Å². The Morgan fingerprint density at radius 2 is 1.14 bits per heavy atom. The topological polar surface area (TPSA) is 0 Å². The van der Waals surface area contributed by atoms with Gasteiger partial charge in [0, 0.05) is 11.1 Å². The predicted molar refractivity (Wildman–Crippen MR) is 98.9 cm³/mol. The van der Waals surface area contributed by atoms with Crippen molar-refractivity contribution in [2.75, 3.05) is 0 Å². The summed E-state index contributed by atoms with van der Waals surface area (Å²) in [5, 5.41) is 0. The first kappa shape index (κ1) is 22.6. The molecule has 0 aromatic heterocycles. The summed E-state index contributed by atoms with van der Waals surface area (Å²) in [5.41, 5.74) is -1.20. The van der Waals surface area contributed by atoms with Gasteiger partial charge >= 0.3 is 11.8 Å². The molecule has 0 saturated heterocycles. The molecular formula is C22H26F6. The van der Waals surface area contributed by atoms with Gasteiger partial charge in [-0.3, -0.25) is 0 Å². The van der Waals surface area contributed by atoms with Gasteiger partial charge in [0.1, 0.15) is 0 Å². The summed E-state index contributed by atoms with van der Waals surface area (Å²) in [6, 6.07) is 2.76. The van der Waals surface area contributed by atoms with Gasteiger partial charge in [-0.15, -0.1) is 0 Å². The van der Waals surface area contributed by atoms with Crippen molar-refractivity contribution in [3.8, 4) is 0 Å². The second-order valence-electron chi connectivity index (χ2n) is 7.25. The zero-order chi connectivity index (χ0) is 20.9. The molecule has 0 heterocycles. The Morgan fingerprint density at radius 3 is 1.64 bits per heavy atom. The molecule has 0 spiro atoms. The van der Waals surface area contributed by atoms with Crippen LogP contribution in [0, 0.1) is 11.6 Å². The molecule has 1 aromatic carbocycles. The molecule has 2 rings (SSSR count). The molecule has 156 valence electrons. The Kier molecular flexibility index (Phi) is 7.40. The normalized spacial score (nSPS) is 18.0. The lowest BCUT2D eigenvalue weighted by Crippen LogP contribution is -2.45. The van der Waals surface area contributed by atoms with E-state index in [-0.39, 0.29) is 24.0 Å². The minimum atomic E-state index is -4.33. The number of alkyl halides is 4. The standard InChI is InChI=1S/C22H26F6/c1-3-5-6-8-17-13-14-18(22(27,28)21(17,25)26)12-11-16-10-9-15(7-4-2)19(23)20(16)24/h9-10,13-14H,3-8,11-12H2,1-2H3. The summed E-state index contributed by atoms with van der Waals surface area (Å²) in [5.74, 6) is -10.7. The first-order valence-electron chi connectivity index (χ1n) is 9.78. The molecule has 1 aromatic rings. The van der Waals surface area contributed by atoms with Crippen molar-refractivity contribution in [1.82, 2.24) is 0 Å². The maximum Gasteiger partial charge on any atom is 0.335 e. The Balaban J connectivity index is 2.18. The van der Waals surface area contributed by atoms with Gasteiger partial charge < -0.3 is 0 Å². The third kappa shape index (κ3) is 4.47. The van der Waals surface area contributed by atoms with Crippen molar-refractivity contribution >= 4 is 0 Å². The van der Waals surface area contributed by atoms with Crippen LogP contribution in [-0.4, -0.2) is 11.8 Å². The minimum Gasteiger partial charge on any atom is -0.203 e.